The van der Waals surface area contributed by atoms with E-state index in [1.165, 1.54) is 24.3 Å². The van der Waals surface area contributed by atoms with Crippen LogP contribution in [-0.4, -0.2) is 16.0 Å². The van der Waals surface area contributed by atoms with E-state index in [0.717, 1.165) is 10.6 Å². The summed E-state index contributed by atoms with van der Waals surface area (Å²) in [5.74, 6) is 5.55. The molecule has 0 aliphatic heterocycles. The average Bonchev–Trinajstić information content (AvgIpc) is 2.41. The number of nitrogens with two attached hydrogens (primary N) is 2. The van der Waals surface area contributed by atoms with E-state index in [1.807, 2.05) is 12.1 Å². The van der Waals surface area contributed by atoms with Crippen molar-refractivity contribution in [3.8, 4) is 5.75 Å². The smallest absolute Gasteiger partial charge is 0.268 e. The largest absolute Gasteiger partial charge is 0.508 e. The van der Waals surface area contributed by atoms with Crippen LogP contribution in [0.2, 0.25) is 0 Å². The molecule has 0 aliphatic carbocycles. The highest BCUT2D eigenvalue weighted by Gasteiger charge is 2.12. The number of phenolic OH excluding ortho intramolecular Hbond substituents is 1. The van der Waals surface area contributed by atoms with Crippen LogP contribution >= 0.6 is 0 Å². The van der Waals surface area contributed by atoms with Crippen molar-refractivity contribution in [1.29, 1.82) is 0 Å². The van der Waals surface area contributed by atoms with Crippen LogP contribution in [-0.2, 0) is 6.54 Å². The van der Waals surface area contributed by atoms with Gasteiger partial charge in [-0.05, 0) is 42.0 Å². The van der Waals surface area contributed by atoms with Gasteiger partial charge < -0.3 is 10.8 Å². The minimum absolute atomic E-state index is 0.110. The Bertz CT molecular complexity index is 564. The second-order valence-electron chi connectivity index (χ2n) is 4.22. The van der Waals surface area contributed by atoms with Crippen LogP contribution < -0.4 is 11.6 Å². The number of carbonyl (C=O) groups is 1. The van der Waals surface area contributed by atoms with Crippen LogP contribution in [0.5, 0.6) is 5.75 Å². The molecular formula is C14H15N3O2. The predicted molar refractivity (Wildman–Crippen MR) is 73.0 cm³/mol. The summed E-state index contributed by atoms with van der Waals surface area (Å²) in [6.07, 6.45) is 0. The molecule has 5 N–H and O–H groups in total. The Hall–Kier alpha value is -2.53. The highest BCUT2D eigenvalue weighted by Crippen LogP contribution is 2.12. The lowest BCUT2D eigenvalue weighted by atomic mass is 10.1. The molecule has 0 heterocycles. The number of hydrazine groups is 1. The van der Waals surface area contributed by atoms with E-state index in [0.29, 0.717) is 17.8 Å². The van der Waals surface area contributed by atoms with Gasteiger partial charge in [0.05, 0.1) is 6.54 Å². The third kappa shape index (κ3) is 3.23. The van der Waals surface area contributed by atoms with Gasteiger partial charge in [-0.25, -0.2) is 5.84 Å². The number of anilines is 1. The molecule has 5 heteroatoms. The van der Waals surface area contributed by atoms with Crippen molar-refractivity contribution in [2.45, 2.75) is 6.54 Å². The zero-order chi connectivity index (χ0) is 13.8. The van der Waals surface area contributed by atoms with Crippen LogP contribution in [0.25, 0.3) is 0 Å². The second-order valence-corrected chi connectivity index (χ2v) is 4.22. The minimum atomic E-state index is -0.308. The van der Waals surface area contributed by atoms with Crippen molar-refractivity contribution < 1.29 is 9.90 Å². The molecule has 0 aliphatic rings. The van der Waals surface area contributed by atoms with Gasteiger partial charge in [0.25, 0.3) is 5.91 Å². The summed E-state index contributed by atoms with van der Waals surface area (Å²) < 4.78 is 0. The van der Waals surface area contributed by atoms with Crippen molar-refractivity contribution in [1.82, 2.24) is 5.01 Å². The number of nitrogen functional groups attached to an aromatic ring is 1. The van der Waals surface area contributed by atoms with Gasteiger partial charge in [-0.3, -0.25) is 9.80 Å². The normalized spacial score (nSPS) is 10.2. The van der Waals surface area contributed by atoms with Gasteiger partial charge in [0.2, 0.25) is 0 Å². The molecule has 2 rings (SSSR count). The van der Waals surface area contributed by atoms with Gasteiger partial charge >= 0.3 is 0 Å². The van der Waals surface area contributed by atoms with Crippen LogP contribution in [0.1, 0.15) is 15.9 Å². The molecule has 0 spiro atoms. The molecule has 0 bridgehead atoms. The third-order valence-corrected chi connectivity index (χ3v) is 2.71. The molecule has 0 atom stereocenters. The Morgan fingerprint density at radius 3 is 2.21 bits per heavy atom. The van der Waals surface area contributed by atoms with Crippen molar-refractivity contribution in [3.05, 3.63) is 59.7 Å². The molecule has 0 fully saturated rings. The number of carbonyl (C=O) groups excluding carboxylic acids is 1. The van der Waals surface area contributed by atoms with Crippen molar-refractivity contribution >= 4 is 11.6 Å². The summed E-state index contributed by atoms with van der Waals surface area (Å²) in [5, 5.41) is 10.3. The summed E-state index contributed by atoms with van der Waals surface area (Å²) in [5.41, 5.74) is 7.57. The molecule has 1 amide bonds. The number of rotatable bonds is 3. The van der Waals surface area contributed by atoms with E-state index in [1.54, 1.807) is 12.1 Å². The Labute approximate surface area is 111 Å². The standard InChI is InChI=1S/C14H15N3O2/c15-12-5-1-10(2-6-12)9-17(16)14(19)11-3-7-13(18)8-4-11/h1-8,18H,9,15-16H2. The highest BCUT2D eigenvalue weighted by atomic mass is 16.3. The molecule has 19 heavy (non-hydrogen) atoms. The maximum Gasteiger partial charge on any atom is 0.268 e. The summed E-state index contributed by atoms with van der Waals surface area (Å²) in [6.45, 7) is 0.292. The Balaban J connectivity index is 2.07. The Morgan fingerprint density at radius 2 is 1.63 bits per heavy atom. The summed E-state index contributed by atoms with van der Waals surface area (Å²) in [4.78, 5) is 12.0. The molecule has 5 nitrogen and oxygen atoms in total. The Morgan fingerprint density at radius 1 is 1.05 bits per heavy atom. The van der Waals surface area contributed by atoms with Gasteiger partial charge in [0, 0.05) is 11.3 Å². The first-order valence-corrected chi connectivity index (χ1v) is 5.76. The summed E-state index contributed by atoms with van der Waals surface area (Å²) in [6, 6.07) is 13.1. The maximum atomic E-state index is 12.0. The summed E-state index contributed by atoms with van der Waals surface area (Å²) in [7, 11) is 0. The molecule has 0 radical (unpaired) electrons. The fourth-order valence-electron chi connectivity index (χ4n) is 1.66. The third-order valence-electron chi connectivity index (χ3n) is 2.71. The number of aromatic hydroxyl groups is 1. The molecular weight excluding hydrogens is 242 g/mol. The molecule has 2 aromatic rings. The fourth-order valence-corrected chi connectivity index (χ4v) is 1.66. The first kappa shape index (κ1) is 12.9. The van der Waals surface area contributed by atoms with E-state index in [-0.39, 0.29) is 11.7 Å². The fraction of sp³-hybridized carbons (Fsp3) is 0.0714. The monoisotopic (exact) mass is 257 g/mol. The van der Waals surface area contributed by atoms with Crippen LogP contribution in [0, 0.1) is 0 Å². The Kier molecular flexibility index (Phi) is 3.68. The first-order valence-electron chi connectivity index (χ1n) is 5.76. The number of phenols is 1. The number of benzene rings is 2. The number of hydrogen-bond donors (Lipinski definition) is 3. The zero-order valence-electron chi connectivity index (χ0n) is 10.3. The van der Waals surface area contributed by atoms with Crippen LogP contribution in [0.15, 0.2) is 48.5 Å². The van der Waals surface area contributed by atoms with E-state index in [4.69, 9.17) is 11.6 Å². The van der Waals surface area contributed by atoms with Gasteiger partial charge in [-0.1, -0.05) is 12.1 Å². The zero-order valence-corrected chi connectivity index (χ0v) is 10.3. The predicted octanol–water partition coefficient (Wildman–Crippen LogP) is 1.49. The van der Waals surface area contributed by atoms with Crippen molar-refractivity contribution in [2.24, 2.45) is 5.84 Å². The van der Waals surface area contributed by atoms with E-state index >= 15 is 0 Å². The molecule has 0 aromatic heterocycles. The second kappa shape index (κ2) is 5.41. The molecule has 2 aromatic carbocycles. The number of nitrogens with zero attached hydrogens (tertiary/aromatic N) is 1. The lowest BCUT2D eigenvalue weighted by Gasteiger charge is -2.16. The lowest BCUT2D eigenvalue weighted by molar-refractivity contribution is 0.0743. The van der Waals surface area contributed by atoms with Crippen molar-refractivity contribution in [2.75, 3.05) is 5.73 Å². The van der Waals surface area contributed by atoms with Gasteiger partial charge in [0.1, 0.15) is 5.75 Å². The van der Waals surface area contributed by atoms with Crippen molar-refractivity contribution in [3.63, 3.8) is 0 Å². The van der Waals surface area contributed by atoms with E-state index in [9.17, 15) is 9.90 Å². The highest BCUT2D eigenvalue weighted by molar-refractivity contribution is 5.93. The van der Waals surface area contributed by atoms with Gasteiger partial charge in [-0.2, -0.15) is 0 Å². The van der Waals surface area contributed by atoms with Gasteiger partial charge in [0.15, 0.2) is 0 Å². The van der Waals surface area contributed by atoms with E-state index in [2.05, 4.69) is 0 Å². The topological polar surface area (TPSA) is 92.6 Å². The van der Waals surface area contributed by atoms with Gasteiger partial charge in [-0.15, -0.1) is 0 Å². The maximum absolute atomic E-state index is 12.0. The van der Waals surface area contributed by atoms with Crippen LogP contribution in [0.3, 0.4) is 0 Å². The first-order chi connectivity index (χ1) is 9.06. The van der Waals surface area contributed by atoms with E-state index < -0.39 is 0 Å². The SMILES string of the molecule is Nc1ccc(CN(N)C(=O)c2ccc(O)cc2)cc1. The molecule has 98 valence electrons. The van der Waals surface area contributed by atoms with Crippen LogP contribution in [0.4, 0.5) is 5.69 Å². The summed E-state index contributed by atoms with van der Waals surface area (Å²) >= 11 is 0. The molecule has 0 unspecified atom stereocenters. The number of amides is 1. The average molecular weight is 257 g/mol. The lowest BCUT2D eigenvalue weighted by Crippen LogP contribution is -2.36. The molecule has 0 saturated heterocycles. The molecule has 0 saturated carbocycles. The quantitative estimate of drug-likeness (QED) is 0.336. The minimum Gasteiger partial charge on any atom is -0.508 e. The number of hydrogen-bond acceptors (Lipinski definition) is 4.